The Kier molecular flexibility index (Phi) is 5.37. The van der Waals surface area contributed by atoms with Gasteiger partial charge in [-0.15, -0.1) is 13.2 Å². The first-order chi connectivity index (χ1) is 14.3. The van der Waals surface area contributed by atoms with E-state index < -0.39 is 6.36 Å². The third kappa shape index (κ3) is 4.56. The molecule has 4 rings (SSSR count). The third-order valence-corrected chi connectivity index (χ3v) is 4.86. The molecule has 30 heavy (non-hydrogen) atoms. The van der Waals surface area contributed by atoms with E-state index >= 15 is 0 Å². The molecule has 1 fully saturated rings. The van der Waals surface area contributed by atoms with Crippen LogP contribution in [0.3, 0.4) is 0 Å². The zero-order valence-corrected chi connectivity index (χ0v) is 16.2. The zero-order chi connectivity index (χ0) is 21.3. The lowest BCUT2D eigenvalue weighted by atomic mass is 9.97. The molecule has 0 radical (unpaired) electrons. The largest absolute Gasteiger partial charge is 0.573 e. The highest BCUT2D eigenvalue weighted by Gasteiger charge is 2.31. The summed E-state index contributed by atoms with van der Waals surface area (Å²) in [6.07, 6.45) is -1.84. The van der Waals surface area contributed by atoms with Crippen molar-refractivity contribution in [3.8, 4) is 5.75 Å². The number of ether oxygens (including phenoxy) is 1. The molecule has 1 atom stereocenters. The molecule has 8 nitrogen and oxygen atoms in total. The first-order valence-corrected chi connectivity index (χ1v) is 9.44. The summed E-state index contributed by atoms with van der Waals surface area (Å²) in [4.78, 5) is 30.1. The van der Waals surface area contributed by atoms with E-state index in [1.807, 2.05) is 4.90 Å². The summed E-state index contributed by atoms with van der Waals surface area (Å²) in [5, 5.41) is 2.80. The van der Waals surface area contributed by atoms with Gasteiger partial charge >= 0.3 is 6.36 Å². The molecule has 12 heteroatoms. The van der Waals surface area contributed by atoms with Crippen LogP contribution >= 0.6 is 11.6 Å². The predicted octanol–water partition coefficient (Wildman–Crippen LogP) is 3.76. The zero-order valence-electron chi connectivity index (χ0n) is 15.4. The molecule has 1 saturated heterocycles. The van der Waals surface area contributed by atoms with E-state index in [1.54, 1.807) is 0 Å². The van der Waals surface area contributed by atoms with Crippen LogP contribution in [0.4, 0.5) is 24.7 Å². The minimum atomic E-state index is -4.76. The summed E-state index contributed by atoms with van der Waals surface area (Å²) in [6, 6.07) is 5.01. The average Bonchev–Trinajstić information content (AvgIpc) is 3.16. The van der Waals surface area contributed by atoms with E-state index in [0.717, 1.165) is 18.6 Å². The molecule has 0 spiro atoms. The average molecular weight is 441 g/mol. The van der Waals surface area contributed by atoms with Crippen LogP contribution in [0.1, 0.15) is 12.8 Å². The molecule has 0 saturated carbocycles. The van der Waals surface area contributed by atoms with Gasteiger partial charge in [0, 0.05) is 18.8 Å². The number of hydrogen-bond acceptors (Lipinski definition) is 6. The van der Waals surface area contributed by atoms with Gasteiger partial charge in [-0.1, -0.05) is 0 Å². The van der Waals surface area contributed by atoms with Gasteiger partial charge in [0.2, 0.25) is 11.2 Å². The number of fused-ring (bicyclic) bond motifs is 1. The van der Waals surface area contributed by atoms with Crippen LogP contribution in [-0.2, 0) is 4.79 Å². The minimum absolute atomic E-state index is 0.0670. The smallest absolute Gasteiger partial charge is 0.406 e. The van der Waals surface area contributed by atoms with E-state index in [-0.39, 0.29) is 22.9 Å². The maximum Gasteiger partial charge on any atom is 0.573 e. The molecule has 2 aromatic heterocycles. The number of rotatable bonds is 4. The van der Waals surface area contributed by atoms with Gasteiger partial charge in [0.1, 0.15) is 11.3 Å². The monoisotopic (exact) mass is 440 g/mol. The highest BCUT2D eigenvalue weighted by molar-refractivity contribution is 6.28. The molecule has 0 aliphatic carbocycles. The van der Waals surface area contributed by atoms with Crippen molar-refractivity contribution in [3.05, 3.63) is 35.9 Å². The number of carbonyl (C=O) groups is 1. The van der Waals surface area contributed by atoms with Gasteiger partial charge in [0.15, 0.2) is 11.5 Å². The Bertz CT molecular complexity index is 1060. The number of hydrogen-bond donors (Lipinski definition) is 2. The summed E-state index contributed by atoms with van der Waals surface area (Å²) in [5.74, 6) is -0.344. The molecule has 1 aliphatic rings. The molecule has 3 aromatic rings. The van der Waals surface area contributed by atoms with Gasteiger partial charge in [-0.3, -0.25) is 4.79 Å². The van der Waals surface area contributed by atoms with Gasteiger partial charge in [-0.25, -0.2) is 4.98 Å². The number of nitrogens with zero attached hydrogens (tertiary/aromatic N) is 4. The third-order valence-electron chi connectivity index (χ3n) is 4.69. The van der Waals surface area contributed by atoms with Gasteiger partial charge < -0.3 is 19.9 Å². The molecule has 1 aromatic carbocycles. The van der Waals surface area contributed by atoms with Crippen LogP contribution in [0.25, 0.3) is 11.2 Å². The maximum absolute atomic E-state index is 12.7. The fraction of sp³-hybridized carbons (Fsp3) is 0.333. The van der Waals surface area contributed by atoms with Gasteiger partial charge in [0.05, 0.1) is 12.2 Å². The fourth-order valence-electron chi connectivity index (χ4n) is 3.39. The molecule has 2 N–H and O–H groups in total. The maximum atomic E-state index is 12.7. The van der Waals surface area contributed by atoms with Crippen molar-refractivity contribution in [2.75, 3.05) is 23.3 Å². The summed E-state index contributed by atoms with van der Waals surface area (Å²) in [5.41, 5.74) is 1.46. The van der Waals surface area contributed by atoms with Crippen molar-refractivity contribution in [3.63, 3.8) is 0 Å². The molecule has 0 unspecified atom stereocenters. The minimum Gasteiger partial charge on any atom is -0.406 e. The van der Waals surface area contributed by atoms with Crippen molar-refractivity contribution in [2.24, 2.45) is 5.92 Å². The fourth-order valence-corrected chi connectivity index (χ4v) is 3.55. The quantitative estimate of drug-likeness (QED) is 0.600. The number of piperidine rings is 1. The van der Waals surface area contributed by atoms with Crippen molar-refractivity contribution in [2.45, 2.75) is 19.2 Å². The van der Waals surface area contributed by atoms with E-state index in [0.29, 0.717) is 42.2 Å². The lowest BCUT2D eigenvalue weighted by Crippen LogP contribution is -2.41. The second kappa shape index (κ2) is 7.98. The molecule has 0 bridgehead atoms. The Morgan fingerprint density at radius 1 is 1.27 bits per heavy atom. The van der Waals surface area contributed by atoms with Crippen molar-refractivity contribution < 1.29 is 22.7 Å². The Hall–Kier alpha value is -3.08. The van der Waals surface area contributed by atoms with Crippen LogP contribution in [0.2, 0.25) is 5.28 Å². The van der Waals surface area contributed by atoms with Crippen LogP contribution in [-0.4, -0.2) is 45.3 Å². The second-order valence-electron chi connectivity index (χ2n) is 6.76. The number of benzene rings is 1. The Morgan fingerprint density at radius 3 is 2.77 bits per heavy atom. The van der Waals surface area contributed by atoms with Crippen molar-refractivity contribution >= 4 is 40.2 Å². The molecular formula is C18H16ClF3N6O2. The van der Waals surface area contributed by atoms with Crippen LogP contribution in [0.15, 0.2) is 30.6 Å². The summed E-state index contributed by atoms with van der Waals surface area (Å²) >= 11 is 6.00. The van der Waals surface area contributed by atoms with Gasteiger partial charge in [0.25, 0.3) is 0 Å². The van der Waals surface area contributed by atoms with Crippen molar-refractivity contribution in [1.82, 2.24) is 19.9 Å². The van der Waals surface area contributed by atoms with Crippen LogP contribution in [0, 0.1) is 5.92 Å². The second-order valence-corrected chi connectivity index (χ2v) is 7.10. The Morgan fingerprint density at radius 2 is 2.03 bits per heavy atom. The predicted molar refractivity (Wildman–Crippen MR) is 103 cm³/mol. The number of imidazole rings is 1. The first kappa shape index (κ1) is 20.2. The Balaban J connectivity index is 1.44. The highest BCUT2D eigenvalue weighted by atomic mass is 35.5. The summed E-state index contributed by atoms with van der Waals surface area (Å²) in [6.45, 7) is 1.09. The van der Waals surface area contributed by atoms with Gasteiger partial charge in [-0.05, 0) is 48.7 Å². The Labute approximate surface area is 173 Å². The first-order valence-electron chi connectivity index (χ1n) is 9.07. The van der Waals surface area contributed by atoms with Crippen LogP contribution < -0.4 is 15.0 Å². The SMILES string of the molecule is O=C(Nc1ccc(OC(F)(F)F)cc1)[C@H]1CCCN(c2nc(Cl)nc3nc[nH]c23)C1. The van der Waals surface area contributed by atoms with E-state index in [2.05, 4.69) is 30.0 Å². The number of aromatic amines is 1. The van der Waals surface area contributed by atoms with E-state index in [4.69, 9.17) is 11.6 Å². The number of H-pyrrole nitrogens is 1. The molecule has 1 amide bonds. The van der Waals surface area contributed by atoms with E-state index in [9.17, 15) is 18.0 Å². The highest BCUT2D eigenvalue weighted by Crippen LogP contribution is 2.29. The molecule has 158 valence electrons. The summed E-state index contributed by atoms with van der Waals surface area (Å²) < 4.78 is 40.6. The number of carbonyl (C=O) groups excluding carboxylic acids is 1. The molecule has 3 heterocycles. The topological polar surface area (TPSA) is 96.0 Å². The molecule has 1 aliphatic heterocycles. The van der Waals surface area contributed by atoms with Crippen molar-refractivity contribution in [1.29, 1.82) is 0 Å². The van der Waals surface area contributed by atoms with Crippen LogP contribution in [0.5, 0.6) is 5.75 Å². The number of amides is 1. The summed E-state index contributed by atoms with van der Waals surface area (Å²) in [7, 11) is 0. The van der Waals surface area contributed by atoms with Gasteiger partial charge in [-0.2, -0.15) is 9.97 Å². The number of aromatic nitrogens is 4. The molecular weight excluding hydrogens is 425 g/mol. The lowest BCUT2D eigenvalue weighted by molar-refractivity contribution is -0.274. The standard InChI is InChI=1S/C18H16ClF3N6O2/c19-17-26-14-13(23-9-24-14)15(27-17)28-7-1-2-10(8-28)16(29)25-11-3-5-12(6-4-11)30-18(20,21)22/h3-6,9-10H,1-2,7-8H2,(H,25,29)(H,23,24,26,27)/t10-/m0/s1. The number of nitrogens with one attached hydrogen (secondary N) is 2. The lowest BCUT2D eigenvalue weighted by Gasteiger charge is -2.33. The number of alkyl halides is 3. The van der Waals surface area contributed by atoms with E-state index in [1.165, 1.54) is 18.5 Å². The number of halogens is 4. The normalized spacial score (nSPS) is 17.2. The number of anilines is 2.